The van der Waals surface area contributed by atoms with Gasteiger partial charge in [-0.15, -0.1) is 0 Å². The van der Waals surface area contributed by atoms with Gasteiger partial charge in [0.05, 0.1) is 0 Å². The molecule has 0 aromatic heterocycles. The molecule has 0 aliphatic heterocycles. The maximum Gasteiger partial charge on any atom is 0.313 e. The van der Waals surface area contributed by atoms with E-state index in [2.05, 4.69) is 4.74 Å². The van der Waals surface area contributed by atoms with Crippen LogP contribution < -0.4 is 0 Å². The molecule has 1 N–H and O–H groups in total. The molecule has 0 atom stereocenters. The van der Waals surface area contributed by atoms with Gasteiger partial charge in [0.15, 0.2) is 0 Å². The van der Waals surface area contributed by atoms with Crippen LogP contribution in [0.4, 0.5) is 0 Å². The summed E-state index contributed by atoms with van der Waals surface area (Å²) in [5.41, 5.74) is 0. The maximum atomic E-state index is 11.0. The number of carboxylic acid groups (broad SMARTS) is 1. The summed E-state index contributed by atoms with van der Waals surface area (Å²) in [6.07, 6.45) is 1.88. The molecule has 0 fully saturated rings. The van der Waals surface area contributed by atoms with E-state index in [1.165, 1.54) is 0 Å². The molecule has 0 amide bonds. The quantitative estimate of drug-likeness (QED) is 0.396. The number of carboxylic acids is 1. The van der Waals surface area contributed by atoms with E-state index in [0.29, 0.717) is 19.3 Å². The van der Waals surface area contributed by atoms with E-state index in [1.54, 1.807) is 0 Å². The second-order valence-electron chi connectivity index (χ2n) is 3.20. The van der Waals surface area contributed by atoms with Gasteiger partial charge in [0.25, 0.3) is 0 Å². The normalized spacial score (nSPS) is 9.67. The monoisotopic (exact) mass is 216 g/mol. The van der Waals surface area contributed by atoms with Crippen molar-refractivity contribution in [2.24, 2.45) is 0 Å². The molecule has 0 aliphatic rings. The molecule has 5 heteroatoms. The van der Waals surface area contributed by atoms with Crippen molar-refractivity contribution < 1.29 is 24.2 Å². The predicted octanol–water partition coefficient (Wildman–Crippen LogP) is 1.50. The number of aliphatic carboxylic acids is 1. The summed E-state index contributed by atoms with van der Waals surface area (Å²) in [4.78, 5) is 32.0. The highest BCUT2D eigenvalue weighted by Crippen LogP contribution is 2.02. The van der Waals surface area contributed by atoms with Gasteiger partial charge in [-0.25, -0.2) is 0 Å². The van der Waals surface area contributed by atoms with Crippen molar-refractivity contribution >= 4 is 17.9 Å². The molecule has 0 saturated heterocycles. The van der Waals surface area contributed by atoms with Gasteiger partial charge in [0, 0.05) is 19.3 Å². The zero-order valence-corrected chi connectivity index (χ0v) is 8.82. The zero-order valence-electron chi connectivity index (χ0n) is 8.82. The number of hydrogen-bond acceptors (Lipinski definition) is 4. The Morgan fingerprint density at radius 1 is 1.00 bits per heavy atom. The molecule has 0 aromatic carbocycles. The van der Waals surface area contributed by atoms with Gasteiger partial charge in [0.1, 0.15) is 0 Å². The highest BCUT2D eigenvalue weighted by atomic mass is 16.6. The molecule has 0 radical (unpaired) electrons. The van der Waals surface area contributed by atoms with Crippen molar-refractivity contribution in [2.75, 3.05) is 0 Å². The number of rotatable bonds is 7. The standard InChI is InChI=1S/C10H16O5/c1-2-5-9(13)15-10(14)7-4-3-6-8(11)12/h2-7H2,1H3,(H,11,12). The summed E-state index contributed by atoms with van der Waals surface area (Å²) < 4.78 is 4.47. The molecule has 0 saturated carbocycles. The van der Waals surface area contributed by atoms with E-state index in [-0.39, 0.29) is 19.3 Å². The second-order valence-corrected chi connectivity index (χ2v) is 3.20. The molecule has 0 rings (SSSR count). The molecule has 0 bridgehead atoms. The van der Waals surface area contributed by atoms with Gasteiger partial charge in [-0.2, -0.15) is 0 Å². The number of hydrogen-bond donors (Lipinski definition) is 1. The van der Waals surface area contributed by atoms with Crippen LogP contribution in [0.3, 0.4) is 0 Å². The minimum atomic E-state index is -0.884. The number of carbonyl (C=O) groups is 3. The van der Waals surface area contributed by atoms with Gasteiger partial charge < -0.3 is 9.84 Å². The van der Waals surface area contributed by atoms with E-state index >= 15 is 0 Å². The van der Waals surface area contributed by atoms with Gasteiger partial charge in [-0.05, 0) is 19.3 Å². The van der Waals surface area contributed by atoms with Gasteiger partial charge in [-0.1, -0.05) is 6.92 Å². The van der Waals surface area contributed by atoms with Gasteiger partial charge >= 0.3 is 17.9 Å². The van der Waals surface area contributed by atoms with Crippen molar-refractivity contribution in [2.45, 2.75) is 45.4 Å². The summed E-state index contributed by atoms with van der Waals surface area (Å²) in [5, 5.41) is 8.32. The second kappa shape index (κ2) is 7.96. The Hall–Kier alpha value is -1.39. The van der Waals surface area contributed by atoms with Crippen LogP contribution in [0.25, 0.3) is 0 Å². The Kier molecular flexibility index (Phi) is 7.23. The molecule has 15 heavy (non-hydrogen) atoms. The average Bonchev–Trinajstić information content (AvgIpc) is 2.12. The lowest BCUT2D eigenvalue weighted by atomic mass is 10.2. The molecular weight excluding hydrogens is 200 g/mol. The Morgan fingerprint density at radius 2 is 1.53 bits per heavy atom. The average molecular weight is 216 g/mol. The van der Waals surface area contributed by atoms with Crippen molar-refractivity contribution in [1.29, 1.82) is 0 Å². The Balaban J connectivity index is 3.49. The Labute approximate surface area is 88.4 Å². The summed E-state index contributed by atoms with van der Waals surface area (Å²) >= 11 is 0. The molecule has 0 unspecified atom stereocenters. The van der Waals surface area contributed by atoms with Gasteiger partial charge in [-0.3, -0.25) is 14.4 Å². The molecule has 0 spiro atoms. The number of ether oxygens (including phenoxy) is 1. The maximum absolute atomic E-state index is 11.0. The number of esters is 2. The first kappa shape index (κ1) is 13.6. The van der Waals surface area contributed by atoms with E-state index < -0.39 is 17.9 Å². The zero-order chi connectivity index (χ0) is 11.7. The molecule has 0 aromatic rings. The first-order valence-corrected chi connectivity index (χ1v) is 5.01. The van der Waals surface area contributed by atoms with Crippen LogP contribution in [-0.4, -0.2) is 23.0 Å². The van der Waals surface area contributed by atoms with Crippen molar-refractivity contribution in [1.82, 2.24) is 0 Å². The third kappa shape index (κ3) is 8.93. The predicted molar refractivity (Wildman–Crippen MR) is 52.1 cm³/mol. The van der Waals surface area contributed by atoms with Crippen molar-refractivity contribution in [3.8, 4) is 0 Å². The molecule has 0 heterocycles. The van der Waals surface area contributed by atoms with E-state index in [4.69, 9.17) is 5.11 Å². The van der Waals surface area contributed by atoms with Gasteiger partial charge in [0.2, 0.25) is 0 Å². The van der Waals surface area contributed by atoms with Crippen molar-refractivity contribution in [3.63, 3.8) is 0 Å². The fraction of sp³-hybridized carbons (Fsp3) is 0.700. The van der Waals surface area contributed by atoms with Crippen LogP contribution in [0.1, 0.15) is 45.4 Å². The highest BCUT2D eigenvalue weighted by molar-refractivity contribution is 5.85. The largest absolute Gasteiger partial charge is 0.481 e. The first-order valence-electron chi connectivity index (χ1n) is 5.01. The summed E-state index contributed by atoms with van der Waals surface area (Å²) in [5.74, 6) is -1.97. The van der Waals surface area contributed by atoms with Crippen LogP contribution in [0.5, 0.6) is 0 Å². The Morgan fingerprint density at radius 3 is 2.07 bits per heavy atom. The fourth-order valence-corrected chi connectivity index (χ4v) is 0.979. The minimum Gasteiger partial charge on any atom is -0.481 e. The lowest BCUT2D eigenvalue weighted by molar-refractivity contribution is -0.159. The van der Waals surface area contributed by atoms with E-state index in [1.807, 2.05) is 6.92 Å². The van der Waals surface area contributed by atoms with Crippen LogP contribution >= 0.6 is 0 Å². The summed E-state index contributed by atoms with van der Waals surface area (Å²) in [7, 11) is 0. The molecule has 86 valence electrons. The van der Waals surface area contributed by atoms with Crippen molar-refractivity contribution in [3.05, 3.63) is 0 Å². The number of carbonyl (C=O) groups excluding carboxylic acids is 2. The Bertz CT molecular complexity index is 234. The lowest BCUT2D eigenvalue weighted by Crippen LogP contribution is -2.11. The van der Waals surface area contributed by atoms with Crippen LogP contribution in [0.2, 0.25) is 0 Å². The number of unbranched alkanes of at least 4 members (excludes halogenated alkanes) is 1. The topological polar surface area (TPSA) is 80.7 Å². The third-order valence-corrected chi connectivity index (χ3v) is 1.70. The summed E-state index contributed by atoms with van der Waals surface area (Å²) in [6.45, 7) is 1.82. The summed E-state index contributed by atoms with van der Waals surface area (Å²) in [6, 6.07) is 0. The third-order valence-electron chi connectivity index (χ3n) is 1.70. The SMILES string of the molecule is CCCC(=O)OC(=O)CCCCC(=O)O. The minimum absolute atomic E-state index is 0.0379. The van der Waals surface area contributed by atoms with Crippen LogP contribution in [0, 0.1) is 0 Å². The lowest BCUT2D eigenvalue weighted by Gasteiger charge is -2.01. The van der Waals surface area contributed by atoms with E-state index in [9.17, 15) is 14.4 Å². The smallest absolute Gasteiger partial charge is 0.313 e. The first-order chi connectivity index (χ1) is 7.06. The fourth-order valence-electron chi connectivity index (χ4n) is 0.979. The molecule has 5 nitrogen and oxygen atoms in total. The van der Waals surface area contributed by atoms with Crippen LogP contribution in [-0.2, 0) is 19.1 Å². The molecule has 0 aliphatic carbocycles. The molecular formula is C10H16O5. The van der Waals surface area contributed by atoms with E-state index in [0.717, 1.165) is 0 Å². The van der Waals surface area contributed by atoms with Crippen LogP contribution in [0.15, 0.2) is 0 Å². The highest BCUT2D eigenvalue weighted by Gasteiger charge is 2.09.